The number of benzene rings is 5. The molecule has 5 aromatic carbocycles. The van der Waals surface area contributed by atoms with Crippen molar-refractivity contribution < 1.29 is 0 Å². The first-order valence-corrected chi connectivity index (χ1v) is 12.5. The summed E-state index contributed by atoms with van der Waals surface area (Å²) in [4.78, 5) is 0. The Bertz CT molecular complexity index is 2080. The molecule has 0 fully saturated rings. The molecule has 2 heterocycles. The predicted molar refractivity (Wildman–Crippen MR) is 149 cm³/mol. The fourth-order valence-electron chi connectivity index (χ4n) is 5.30. The number of hydrogen-bond donors (Lipinski definition) is 0. The van der Waals surface area contributed by atoms with Gasteiger partial charge in [-0.3, -0.25) is 0 Å². The zero-order valence-electron chi connectivity index (χ0n) is 19.1. The lowest BCUT2D eigenvalue weighted by atomic mass is 10.0. The van der Waals surface area contributed by atoms with Crippen LogP contribution in [0.3, 0.4) is 0 Å². The Labute approximate surface area is 211 Å². The second kappa shape index (κ2) is 7.82. The molecule has 0 atom stereocenters. The molecule has 36 heavy (non-hydrogen) atoms. The van der Waals surface area contributed by atoms with E-state index in [1.807, 2.05) is 42.5 Å². The van der Waals surface area contributed by atoms with Gasteiger partial charge in [-0.2, -0.15) is 10.5 Å². The maximum atomic E-state index is 9.83. The number of hydrogen-bond acceptors (Lipinski definition) is 3. The molecular weight excluding hydrogens is 458 g/mol. The molecule has 0 saturated heterocycles. The van der Waals surface area contributed by atoms with Crippen molar-refractivity contribution in [2.24, 2.45) is 0 Å². The molecule has 0 radical (unpaired) electrons. The van der Waals surface area contributed by atoms with E-state index >= 15 is 0 Å². The van der Waals surface area contributed by atoms with E-state index in [-0.39, 0.29) is 0 Å². The normalized spacial score (nSPS) is 11.3. The minimum absolute atomic E-state index is 0.683. The maximum absolute atomic E-state index is 9.83. The molecule has 3 nitrogen and oxygen atoms in total. The van der Waals surface area contributed by atoms with Gasteiger partial charge in [0.25, 0.3) is 0 Å². The summed E-state index contributed by atoms with van der Waals surface area (Å²) in [5, 5.41) is 23.6. The molecule has 0 bridgehead atoms. The molecule has 0 amide bonds. The number of aromatic nitrogens is 1. The first-order chi connectivity index (χ1) is 17.8. The lowest BCUT2D eigenvalue weighted by molar-refractivity contribution is 1.18. The van der Waals surface area contributed by atoms with Crippen molar-refractivity contribution in [2.45, 2.75) is 0 Å². The first-order valence-electron chi connectivity index (χ1n) is 11.7. The quantitative estimate of drug-likeness (QED) is 0.251. The lowest BCUT2D eigenvalue weighted by Crippen LogP contribution is -1.97. The average Bonchev–Trinajstić information content (AvgIpc) is 3.47. The zero-order valence-corrected chi connectivity index (χ0v) is 19.9. The highest BCUT2D eigenvalue weighted by molar-refractivity contribution is 7.25. The van der Waals surface area contributed by atoms with E-state index in [0.29, 0.717) is 11.1 Å². The lowest BCUT2D eigenvalue weighted by Gasteiger charge is -2.14. The van der Waals surface area contributed by atoms with Gasteiger partial charge in [0.2, 0.25) is 0 Å². The third kappa shape index (κ3) is 2.89. The Kier molecular flexibility index (Phi) is 4.45. The fourth-order valence-corrected chi connectivity index (χ4v) is 6.48. The molecule has 0 saturated carbocycles. The van der Waals surface area contributed by atoms with Gasteiger partial charge in [0.05, 0.1) is 40.0 Å². The van der Waals surface area contributed by atoms with Crippen LogP contribution >= 0.6 is 11.3 Å². The highest BCUT2D eigenvalue weighted by Gasteiger charge is 2.17. The second-order valence-electron chi connectivity index (χ2n) is 8.82. The summed E-state index contributed by atoms with van der Waals surface area (Å²) < 4.78 is 4.59. The average molecular weight is 476 g/mol. The molecule has 2 aromatic heterocycles. The van der Waals surface area contributed by atoms with Crippen LogP contribution in [0, 0.1) is 22.7 Å². The number of nitrogens with zero attached hydrogens (tertiary/aromatic N) is 3. The summed E-state index contributed by atoms with van der Waals surface area (Å²) in [6.45, 7) is 0. The third-order valence-electron chi connectivity index (χ3n) is 6.88. The van der Waals surface area contributed by atoms with Gasteiger partial charge < -0.3 is 4.57 Å². The van der Waals surface area contributed by atoms with E-state index < -0.39 is 0 Å². The molecule has 0 unspecified atom stereocenters. The van der Waals surface area contributed by atoms with Crippen LogP contribution in [0.15, 0.2) is 103 Å². The van der Waals surface area contributed by atoms with Crippen LogP contribution in [0.5, 0.6) is 0 Å². The highest BCUT2D eigenvalue weighted by Crippen LogP contribution is 2.40. The van der Waals surface area contributed by atoms with Gasteiger partial charge in [0, 0.05) is 36.5 Å². The van der Waals surface area contributed by atoms with Gasteiger partial charge in [-0.25, -0.2) is 0 Å². The van der Waals surface area contributed by atoms with E-state index in [9.17, 15) is 10.5 Å². The van der Waals surface area contributed by atoms with Crippen molar-refractivity contribution in [1.29, 1.82) is 10.5 Å². The molecule has 0 N–H and O–H groups in total. The topological polar surface area (TPSA) is 52.5 Å². The summed E-state index contributed by atoms with van der Waals surface area (Å²) in [5.74, 6) is 0. The predicted octanol–water partition coefficient (Wildman–Crippen LogP) is 8.56. The largest absolute Gasteiger partial charge is 0.309 e. The van der Waals surface area contributed by atoms with Crippen LogP contribution in [-0.4, -0.2) is 4.57 Å². The molecule has 7 aromatic rings. The summed E-state index contributed by atoms with van der Waals surface area (Å²) in [5.41, 5.74) is 6.80. The first kappa shape index (κ1) is 20.5. The number of para-hydroxylation sites is 2. The van der Waals surface area contributed by atoms with Crippen LogP contribution in [-0.2, 0) is 0 Å². The molecule has 166 valence electrons. The van der Waals surface area contributed by atoms with Gasteiger partial charge in [-0.15, -0.1) is 11.3 Å². The Morgan fingerprint density at radius 2 is 1.36 bits per heavy atom. The SMILES string of the molecule is N#Cc1ccc2c(c1)sc1cc(-c3ccccc3-n3c4ccccc4c4c(C#N)cccc43)ccc12. The molecule has 0 aliphatic rings. The van der Waals surface area contributed by atoms with Gasteiger partial charge in [-0.05, 0) is 48.0 Å². The molecule has 0 aliphatic carbocycles. The molecule has 4 heteroatoms. The Morgan fingerprint density at radius 1 is 0.611 bits per heavy atom. The number of thiophene rings is 1. The van der Waals surface area contributed by atoms with Crippen LogP contribution < -0.4 is 0 Å². The van der Waals surface area contributed by atoms with Crippen molar-refractivity contribution >= 4 is 53.3 Å². The zero-order chi connectivity index (χ0) is 24.2. The van der Waals surface area contributed by atoms with Gasteiger partial charge in [0.15, 0.2) is 0 Å². The minimum atomic E-state index is 0.683. The molecule has 7 rings (SSSR count). The van der Waals surface area contributed by atoms with E-state index in [1.165, 1.54) is 15.5 Å². The Hall–Kier alpha value is -4.90. The molecule has 0 spiro atoms. The van der Waals surface area contributed by atoms with Crippen LogP contribution in [0.1, 0.15) is 11.1 Å². The standard InChI is InChI=1S/C32H17N3S/c33-18-20-12-14-24-25-15-13-21(17-31(25)36-30(24)16-20)23-7-1-3-9-27(23)35-28-10-4-2-8-26(28)32-22(19-34)6-5-11-29(32)35/h1-17H. The molecular formula is C32H17N3S. The number of nitriles is 2. The van der Waals surface area contributed by atoms with Crippen LogP contribution in [0.25, 0.3) is 58.8 Å². The van der Waals surface area contributed by atoms with Gasteiger partial charge >= 0.3 is 0 Å². The number of fused-ring (bicyclic) bond motifs is 6. The fraction of sp³-hybridized carbons (Fsp3) is 0. The summed E-state index contributed by atoms with van der Waals surface area (Å²) in [6.07, 6.45) is 0. The Balaban J connectivity index is 1.51. The van der Waals surface area contributed by atoms with Gasteiger partial charge in [-0.1, -0.05) is 60.7 Å². The van der Waals surface area contributed by atoms with Crippen molar-refractivity contribution in [3.63, 3.8) is 0 Å². The van der Waals surface area contributed by atoms with Crippen LogP contribution in [0.4, 0.5) is 0 Å². The summed E-state index contributed by atoms with van der Waals surface area (Å²) in [6, 6.07) is 39.8. The maximum Gasteiger partial charge on any atom is 0.0998 e. The van der Waals surface area contributed by atoms with Gasteiger partial charge in [0.1, 0.15) is 0 Å². The Morgan fingerprint density at radius 3 is 2.22 bits per heavy atom. The van der Waals surface area contributed by atoms with Crippen molar-refractivity contribution in [3.8, 4) is 29.0 Å². The summed E-state index contributed by atoms with van der Waals surface area (Å²) in [7, 11) is 0. The van der Waals surface area contributed by atoms with Crippen molar-refractivity contribution in [3.05, 3.63) is 114 Å². The molecule has 0 aliphatic heterocycles. The smallest absolute Gasteiger partial charge is 0.0998 e. The second-order valence-corrected chi connectivity index (χ2v) is 9.90. The minimum Gasteiger partial charge on any atom is -0.309 e. The van der Waals surface area contributed by atoms with E-state index in [0.717, 1.165) is 43.3 Å². The highest BCUT2D eigenvalue weighted by atomic mass is 32.1. The van der Waals surface area contributed by atoms with E-state index in [4.69, 9.17) is 0 Å². The monoisotopic (exact) mass is 475 g/mol. The van der Waals surface area contributed by atoms with Crippen LogP contribution in [0.2, 0.25) is 0 Å². The van der Waals surface area contributed by atoms with E-state index in [2.05, 4.69) is 77.4 Å². The summed E-state index contributed by atoms with van der Waals surface area (Å²) >= 11 is 1.72. The van der Waals surface area contributed by atoms with Crippen molar-refractivity contribution in [1.82, 2.24) is 4.57 Å². The number of rotatable bonds is 2. The third-order valence-corrected chi connectivity index (χ3v) is 7.99. The van der Waals surface area contributed by atoms with Crippen molar-refractivity contribution in [2.75, 3.05) is 0 Å². The van der Waals surface area contributed by atoms with E-state index in [1.54, 1.807) is 11.3 Å².